The lowest BCUT2D eigenvalue weighted by Crippen LogP contribution is -2.21. The predicted molar refractivity (Wildman–Crippen MR) is 122 cm³/mol. The van der Waals surface area contributed by atoms with E-state index in [1.54, 1.807) is 24.5 Å². The Labute approximate surface area is 185 Å². The summed E-state index contributed by atoms with van der Waals surface area (Å²) in [4.78, 5) is 17.3. The number of rotatable bonds is 7. The first-order chi connectivity index (χ1) is 15.5. The number of hydrogen-bond acceptors (Lipinski definition) is 7. The third-order valence-electron chi connectivity index (χ3n) is 5.52. The van der Waals surface area contributed by atoms with E-state index in [-0.39, 0.29) is 23.8 Å². The maximum atomic E-state index is 12.9. The second kappa shape index (κ2) is 9.61. The largest absolute Gasteiger partial charge is 0.451 e. The lowest BCUT2D eigenvalue weighted by Gasteiger charge is -2.25. The number of aromatic nitrogens is 3. The molecule has 3 aromatic heterocycles. The van der Waals surface area contributed by atoms with Gasteiger partial charge in [-0.15, -0.1) is 0 Å². The van der Waals surface area contributed by atoms with Gasteiger partial charge in [0.25, 0.3) is 5.91 Å². The number of aliphatic hydroxyl groups is 1. The topological polar surface area (TPSA) is 118 Å². The summed E-state index contributed by atoms with van der Waals surface area (Å²) in [5, 5.41) is 21.0. The third kappa shape index (κ3) is 4.78. The van der Waals surface area contributed by atoms with Crippen molar-refractivity contribution in [3.05, 3.63) is 60.4 Å². The average molecular weight is 435 g/mol. The van der Waals surface area contributed by atoms with E-state index in [0.717, 1.165) is 31.3 Å². The molecule has 0 atom stereocenters. The highest BCUT2D eigenvalue weighted by molar-refractivity contribution is 6.04. The molecule has 0 aromatic carbocycles. The predicted octanol–water partition coefficient (Wildman–Crippen LogP) is 3.83. The van der Waals surface area contributed by atoms with Gasteiger partial charge in [-0.3, -0.25) is 19.9 Å². The molecule has 0 radical (unpaired) electrons. The number of nitrogens with one attached hydrogen (secondary N) is 2. The van der Waals surface area contributed by atoms with Crippen molar-refractivity contribution in [3.8, 4) is 11.4 Å². The Morgan fingerprint density at radius 3 is 2.75 bits per heavy atom. The molecule has 0 unspecified atom stereocenters. The smallest absolute Gasteiger partial charge is 0.291 e. The van der Waals surface area contributed by atoms with E-state index < -0.39 is 0 Å². The Balaban J connectivity index is 1.59. The maximum Gasteiger partial charge on any atom is 0.291 e. The van der Waals surface area contributed by atoms with Gasteiger partial charge in [0.15, 0.2) is 5.76 Å². The van der Waals surface area contributed by atoms with Crippen molar-refractivity contribution >= 4 is 23.9 Å². The van der Waals surface area contributed by atoms with Crippen LogP contribution in [0.25, 0.3) is 17.0 Å². The molecule has 1 saturated carbocycles. The first-order valence-corrected chi connectivity index (χ1v) is 10.5. The fourth-order valence-electron chi connectivity index (χ4n) is 3.75. The number of furan rings is 1. The van der Waals surface area contributed by atoms with E-state index >= 15 is 0 Å². The normalized spacial score (nSPS) is 18.9. The molecular formula is C23H26N6O3. The standard InChI is InChI=1S/C23H26N6O3/c1-15(13-26-24-2)20-10-11-21(32-20)23(31)27-19-14-29(16-6-8-17(30)9-7-16)28-22(19)18-5-3-4-12-25-18/h3-5,10-14,16-17,26,30H,2,6-9H2,1H3,(H,27,31)/b15-13+/t16-,17+. The Bertz CT molecular complexity index is 1110. The van der Waals surface area contributed by atoms with Crippen LogP contribution in [0.15, 0.2) is 58.4 Å². The molecule has 1 aliphatic rings. The van der Waals surface area contributed by atoms with Crippen LogP contribution in [0.1, 0.15) is 55.0 Å². The number of allylic oxidation sites excluding steroid dienone is 1. The van der Waals surface area contributed by atoms with Crippen LogP contribution in [0, 0.1) is 0 Å². The zero-order chi connectivity index (χ0) is 22.5. The number of carbonyl (C=O) groups excluding carboxylic acids is 1. The summed E-state index contributed by atoms with van der Waals surface area (Å²) in [5.74, 6) is 0.349. The summed E-state index contributed by atoms with van der Waals surface area (Å²) in [5.41, 5.74) is 5.24. The Kier molecular flexibility index (Phi) is 6.46. The van der Waals surface area contributed by atoms with Gasteiger partial charge in [0, 0.05) is 30.9 Å². The average Bonchev–Trinajstić information content (AvgIpc) is 3.46. The molecule has 9 heteroatoms. The highest BCUT2D eigenvalue weighted by Crippen LogP contribution is 2.32. The van der Waals surface area contributed by atoms with Crippen molar-refractivity contribution in [3.63, 3.8) is 0 Å². The Hall–Kier alpha value is -3.72. The SMILES string of the molecule is C=NN/C=C(\C)c1ccc(C(=O)Nc2cn([C@H]3CC[C@@H](O)CC3)nc2-c2ccccn2)o1. The van der Waals surface area contributed by atoms with Crippen molar-refractivity contribution in [2.24, 2.45) is 5.10 Å². The molecular weight excluding hydrogens is 408 g/mol. The van der Waals surface area contributed by atoms with E-state index in [1.165, 1.54) is 0 Å². The zero-order valence-electron chi connectivity index (χ0n) is 17.9. The highest BCUT2D eigenvalue weighted by Gasteiger charge is 2.24. The van der Waals surface area contributed by atoms with E-state index in [1.807, 2.05) is 36.0 Å². The first-order valence-electron chi connectivity index (χ1n) is 10.5. The van der Waals surface area contributed by atoms with Crippen LogP contribution in [0.3, 0.4) is 0 Å². The fourth-order valence-corrected chi connectivity index (χ4v) is 3.75. The van der Waals surface area contributed by atoms with Crippen LogP contribution in [-0.4, -0.2) is 38.6 Å². The van der Waals surface area contributed by atoms with Crippen LogP contribution in [0.2, 0.25) is 0 Å². The van der Waals surface area contributed by atoms with Gasteiger partial charge in [-0.25, -0.2) is 0 Å². The number of amides is 1. The molecule has 0 aliphatic heterocycles. The third-order valence-corrected chi connectivity index (χ3v) is 5.52. The number of carbonyl (C=O) groups is 1. The number of nitrogens with zero attached hydrogens (tertiary/aromatic N) is 4. The molecule has 32 heavy (non-hydrogen) atoms. The number of aliphatic hydroxyl groups excluding tert-OH is 1. The molecule has 3 N–H and O–H groups in total. The van der Waals surface area contributed by atoms with Crippen molar-refractivity contribution in [2.45, 2.75) is 44.8 Å². The second-order valence-corrected chi connectivity index (χ2v) is 7.78. The summed E-state index contributed by atoms with van der Waals surface area (Å²) in [6.45, 7) is 5.19. The van der Waals surface area contributed by atoms with Gasteiger partial charge in [0.2, 0.25) is 0 Å². The minimum atomic E-state index is -0.380. The van der Waals surface area contributed by atoms with Crippen LogP contribution < -0.4 is 10.7 Å². The van der Waals surface area contributed by atoms with Gasteiger partial charge in [0.1, 0.15) is 11.5 Å². The fraction of sp³-hybridized carbons (Fsp3) is 0.304. The minimum absolute atomic E-state index is 0.167. The quantitative estimate of drug-likeness (QED) is 0.384. The van der Waals surface area contributed by atoms with E-state index in [2.05, 4.69) is 27.5 Å². The molecule has 3 aromatic rings. The number of hydrogen-bond donors (Lipinski definition) is 3. The zero-order valence-corrected chi connectivity index (χ0v) is 17.9. The first kappa shape index (κ1) is 21.5. The summed E-state index contributed by atoms with van der Waals surface area (Å²) in [6.07, 6.45) is 8.05. The molecule has 166 valence electrons. The number of anilines is 1. The summed E-state index contributed by atoms with van der Waals surface area (Å²) in [7, 11) is 0. The minimum Gasteiger partial charge on any atom is -0.451 e. The molecule has 1 fully saturated rings. The molecule has 0 saturated heterocycles. The maximum absolute atomic E-state index is 12.9. The molecule has 0 bridgehead atoms. The molecule has 9 nitrogen and oxygen atoms in total. The number of pyridine rings is 1. The van der Waals surface area contributed by atoms with Crippen molar-refractivity contribution in [1.82, 2.24) is 20.2 Å². The Morgan fingerprint density at radius 2 is 2.03 bits per heavy atom. The van der Waals surface area contributed by atoms with Crippen LogP contribution in [0.4, 0.5) is 5.69 Å². The van der Waals surface area contributed by atoms with Gasteiger partial charge < -0.3 is 14.8 Å². The van der Waals surface area contributed by atoms with Crippen molar-refractivity contribution in [1.29, 1.82) is 0 Å². The lowest BCUT2D eigenvalue weighted by molar-refractivity contribution is 0.0996. The highest BCUT2D eigenvalue weighted by atomic mass is 16.4. The second-order valence-electron chi connectivity index (χ2n) is 7.78. The van der Waals surface area contributed by atoms with Gasteiger partial charge in [0.05, 0.1) is 23.5 Å². The van der Waals surface area contributed by atoms with Crippen LogP contribution in [0.5, 0.6) is 0 Å². The Morgan fingerprint density at radius 1 is 1.25 bits per heavy atom. The summed E-state index contributed by atoms with van der Waals surface area (Å²) >= 11 is 0. The lowest BCUT2D eigenvalue weighted by atomic mass is 9.93. The van der Waals surface area contributed by atoms with Crippen LogP contribution in [-0.2, 0) is 0 Å². The molecule has 3 heterocycles. The van der Waals surface area contributed by atoms with E-state index in [9.17, 15) is 9.90 Å². The molecule has 1 amide bonds. The summed E-state index contributed by atoms with van der Waals surface area (Å²) < 4.78 is 7.58. The van der Waals surface area contributed by atoms with E-state index in [4.69, 9.17) is 9.52 Å². The van der Waals surface area contributed by atoms with Gasteiger partial charge >= 0.3 is 0 Å². The molecule has 0 spiro atoms. The molecule has 4 rings (SSSR count). The summed E-state index contributed by atoms with van der Waals surface area (Å²) in [6, 6.07) is 9.08. The van der Waals surface area contributed by atoms with Gasteiger partial charge in [-0.1, -0.05) is 6.07 Å². The molecule has 1 aliphatic carbocycles. The van der Waals surface area contributed by atoms with Gasteiger partial charge in [-0.05, 0) is 56.9 Å². The van der Waals surface area contributed by atoms with Gasteiger partial charge in [-0.2, -0.15) is 10.2 Å². The van der Waals surface area contributed by atoms with Crippen molar-refractivity contribution < 1.29 is 14.3 Å². The van der Waals surface area contributed by atoms with Crippen LogP contribution >= 0.6 is 0 Å². The van der Waals surface area contributed by atoms with E-state index in [0.29, 0.717) is 22.8 Å². The monoisotopic (exact) mass is 434 g/mol. The number of hydrazone groups is 1. The van der Waals surface area contributed by atoms with Crippen molar-refractivity contribution in [2.75, 3.05) is 5.32 Å².